The van der Waals surface area contributed by atoms with Crippen molar-refractivity contribution in [3.63, 3.8) is 0 Å². The number of hydrogen-bond donors (Lipinski definition) is 2. The second-order valence-corrected chi connectivity index (χ2v) is 5.78. The van der Waals surface area contributed by atoms with Gasteiger partial charge in [0.05, 0.1) is 14.2 Å². The van der Waals surface area contributed by atoms with Crippen LogP contribution in [0.2, 0.25) is 0 Å². The Bertz CT molecular complexity index is 428. The average Bonchev–Trinajstić information content (AvgIpc) is 2.49. The van der Waals surface area contributed by atoms with Gasteiger partial charge in [-0.3, -0.25) is 11.3 Å². The summed E-state index contributed by atoms with van der Waals surface area (Å²) in [5.74, 6) is 8.76. The Morgan fingerprint density at radius 3 is 2.30 bits per heavy atom. The van der Waals surface area contributed by atoms with E-state index in [0.29, 0.717) is 5.92 Å². The predicted molar refractivity (Wildman–Crippen MR) is 80.7 cm³/mol. The highest BCUT2D eigenvalue weighted by molar-refractivity contribution is 5.43. The Balaban J connectivity index is 2.18. The molecule has 0 saturated heterocycles. The normalized spacial score (nSPS) is 24.2. The average molecular weight is 278 g/mol. The number of nitrogens with one attached hydrogen (secondary N) is 1. The summed E-state index contributed by atoms with van der Waals surface area (Å²) < 4.78 is 10.7. The molecule has 0 radical (unpaired) electrons. The lowest BCUT2D eigenvalue weighted by Crippen LogP contribution is -2.35. The van der Waals surface area contributed by atoms with Gasteiger partial charge in [0.2, 0.25) is 0 Å². The zero-order valence-corrected chi connectivity index (χ0v) is 12.7. The first kappa shape index (κ1) is 15.1. The summed E-state index contributed by atoms with van der Waals surface area (Å²) in [7, 11) is 3.31. The molecule has 0 aliphatic heterocycles. The van der Waals surface area contributed by atoms with Gasteiger partial charge in [-0.1, -0.05) is 25.8 Å². The summed E-state index contributed by atoms with van der Waals surface area (Å²) in [4.78, 5) is 0. The molecule has 1 aromatic rings. The Morgan fingerprint density at radius 1 is 1.10 bits per heavy atom. The maximum atomic E-state index is 5.81. The molecule has 0 heterocycles. The van der Waals surface area contributed by atoms with E-state index in [1.165, 1.54) is 31.2 Å². The smallest absolute Gasteiger partial charge is 0.161 e. The fourth-order valence-electron chi connectivity index (χ4n) is 3.17. The molecular weight excluding hydrogens is 252 g/mol. The van der Waals surface area contributed by atoms with E-state index in [4.69, 9.17) is 15.3 Å². The van der Waals surface area contributed by atoms with E-state index in [9.17, 15) is 0 Å². The summed E-state index contributed by atoms with van der Waals surface area (Å²) in [5, 5.41) is 0. The molecular formula is C16H26N2O2. The van der Waals surface area contributed by atoms with Gasteiger partial charge in [0.1, 0.15) is 0 Å². The maximum Gasteiger partial charge on any atom is 0.161 e. The Kier molecular flexibility index (Phi) is 5.26. The highest BCUT2D eigenvalue weighted by Crippen LogP contribution is 2.38. The van der Waals surface area contributed by atoms with Crippen LogP contribution in [0.5, 0.6) is 11.5 Å². The molecule has 0 spiro atoms. The molecule has 1 aliphatic rings. The van der Waals surface area contributed by atoms with E-state index in [2.05, 4.69) is 18.4 Å². The fraction of sp³-hybridized carbons (Fsp3) is 0.625. The fourth-order valence-corrected chi connectivity index (χ4v) is 3.17. The van der Waals surface area contributed by atoms with E-state index in [-0.39, 0.29) is 6.04 Å². The van der Waals surface area contributed by atoms with Crippen molar-refractivity contribution in [2.45, 2.75) is 38.6 Å². The molecule has 0 bridgehead atoms. The second-order valence-electron chi connectivity index (χ2n) is 5.78. The van der Waals surface area contributed by atoms with Gasteiger partial charge in [0.25, 0.3) is 0 Å². The molecule has 3 N–H and O–H groups in total. The number of benzene rings is 1. The van der Waals surface area contributed by atoms with Gasteiger partial charge < -0.3 is 9.47 Å². The lowest BCUT2D eigenvalue weighted by atomic mass is 9.77. The van der Waals surface area contributed by atoms with Crippen LogP contribution in [0.15, 0.2) is 18.2 Å². The first-order chi connectivity index (χ1) is 9.69. The highest BCUT2D eigenvalue weighted by atomic mass is 16.5. The van der Waals surface area contributed by atoms with Crippen molar-refractivity contribution < 1.29 is 9.47 Å². The van der Waals surface area contributed by atoms with E-state index in [1.54, 1.807) is 14.2 Å². The van der Waals surface area contributed by atoms with Crippen molar-refractivity contribution in [2.75, 3.05) is 14.2 Å². The first-order valence-corrected chi connectivity index (χ1v) is 7.37. The van der Waals surface area contributed by atoms with Crippen molar-refractivity contribution >= 4 is 0 Å². The van der Waals surface area contributed by atoms with Gasteiger partial charge in [-0.2, -0.15) is 0 Å². The summed E-state index contributed by atoms with van der Waals surface area (Å²) >= 11 is 0. The minimum atomic E-state index is 0.183. The third kappa shape index (κ3) is 3.25. The van der Waals surface area contributed by atoms with Crippen LogP contribution in [-0.2, 0) is 0 Å². The molecule has 0 aromatic heterocycles. The van der Waals surface area contributed by atoms with Crippen LogP contribution in [0.3, 0.4) is 0 Å². The third-order valence-corrected chi connectivity index (χ3v) is 4.48. The Labute approximate surface area is 121 Å². The Morgan fingerprint density at radius 2 is 1.75 bits per heavy atom. The molecule has 1 saturated carbocycles. The minimum Gasteiger partial charge on any atom is -0.493 e. The summed E-state index contributed by atoms with van der Waals surface area (Å²) in [6.07, 6.45) is 5.03. The molecule has 1 aliphatic carbocycles. The summed E-state index contributed by atoms with van der Waals surface area (Å²) in [6, 6.07) is 6.23. The maximum absolute atomic E-state index is 5.81. The highest BCUT2D eigenvalue weighted by Gasteiger charge is 2.27. The van der Waals surface area contributed by atoms with Crippen molar-refractivity contribution in [2.24, 2.45) is 17.7 Å². The van der Waals surface area contributed by atoms with Crippen LogP contribution in [0.25, 0.3) is 0 Å². The standard InChI is InChI=1S/C16H26N2O2/c1-11-4-6-12(7-5-11)16(18-17)13-8-9-14(19-2)15(10-13)20-3/h8-12,16,18H,4-7,17H2,1-3H3. The molecule has 4 heteroatoms. The van der Waals surface area contributed by atoms with E-state index < -0.39 is 0 Å². The van der Waals surface area contributed by atoms with Gasteiger partial charge >= 0.3 is 0 Å². The third-order valence-electron chi connectivity index (χ3n) is 4.48. The lowest BCUT2D eigenvalue weighted by molar-refractivity contribution is 0.232. The van der Waals surface area contributed by atoms with Crippen LogP contribution in [0, 0.1) is 11.8 Å². The summed E-state index contributed by atoms with van der Waals surface area (Å²) in [6.45, 7) is 2.33. The zero-order chi connectivity index (χ0) is 14.5. The number of hydrogen-bond acceptors (Lipinski definition) is 4. The van der Waals surface area contributed by atoms with Gasteiger partial charge in [-0.15, -0.1) is 0 Å². The van der Waals surface area contributed by atoms with Crippen molar-refractivity contribution in [3.8, 4) is 11.5 Å². The molecule has 2 rings (SSSR count). The lowest BCUT2D eigenvalue weighted by Gasteiger charge is -2.32. The zero-order valence-electron chi connectivity index (χ0n) is 12.7. The largest absolute Gasteiger partial charge is 0.493 e. The predicted octanol–water partition coefficient (Wildman–Crippen LogP) is 3.03. The van der Waals surface area contributed by atoms with Crippen LogP contribution < -0.4 is 20.7 Å². The molecule has 4 nitrogen and oxygen atoms in total. The molecule has 20 heavy (non-hydrogen) atoms. The van der Waals surface area contributed by atoms with E-state index in [0.717, 1.165) is 17.4 Å². The molecule has 1 unspecified atom stereocenters. The molecule has 1 aromatic carbocycles. The van der Waals surface area contributed by atoms with Crippen LogP contribution in [0.1, 0.15) is 44.2 Å². The van der Waals surface area contributed by atoms with Crippen molar-refractivity contribution in [3.05, 3.63) is 23.8 Å². The Hall–Kier alpha value is -1.26. The molecule has 1 fully saturated rings. The SMILES string of the molecule is COc1ccc(C(NN)C2CCC(C)CC2)cc1OC. The molecule has 0 amide bonds. The van der Waals surface area contributed by atoms with Crippen molar-refractivity contribution in [1.82, 2.24) is 5.43 Å². The van der Waals surface area contributed by atoms with Gasteiger partial charge in [0.15, 0.2) is 11.5 Å². The van der Waals surface area contributed by atoms with Gasteiger partial charge in [-0.25, -0.2) is 0 Å². The van der Waals surface area contributed by atoms with Crippen molar-refractivity contribution in [1.29, 1.82) is 0 Å². The quantitative estimate of drug-likeness (QED) is 0.642. The second kappa shape index (κ2) is 6.95. The first-order valence-electron chi connectivity index (χ1n) is 7.37. The summed E-state index contributed by atoms with van der Waals surface area (Å²) in [5.41, 5.74) is 4.17. The topological polar surface area (TPSA) is 56.5 Å². The number of nitrogens with two attached hydrogens (primary N) is 1. The van der Waals surface area contributed by atoms with Crippen LogP contribution in [0.4, 0.5) is 0 Å². The number of methoxy groups -OCH3 is 2. The number of hydrazine groups is 1. The van der Waals surface area contributed by atoms with Gasteiger partial charge in [0, 0.05) is 6.04 Å². The van der Waals surface area contributed by atoms with Crippen LogP contribution >= 0.6 is 0 Å². The van der Waals surface area contributed by atoms with E-state index in [1.807, 2.05) is 12.1 Å². The van der Waals surface area contributed by atoms with E-state index >= 15 is 0 Å². The monoisotopic (exact) mass is 278 g/mol. The molecule has 1 atom stereocenters. The molecule has 112 valence electrons. The number of ether oxygens (including phenoxy) is 2. The van der Waals surface area contributed by atoms with Crippen LogP contribution in [-0.4, -0.2) is 14.2 Å². The minimum absolute atomic E-state index is 0.183. The number of rotatable bonds is 5. The van der Waals surface area contributed by atoms with Gasteiger partial charge in [-0.05, 0) is 42.4 Å².